The van der Waals surface area contributed by atoms with Crippen LogP contribution in [0, 0.1) is 34.1 Å². The molecule has 0 atom stereocenters. The molecule has 2 aromatic carbocycles. The van der Waals surface area contributed by atoms with Gasteiger partial charge in [-0.1, -0.05) is 0 Å². The minimum absolute atomic E-state index is 0.0282. The molecular formula is C19H28N2O10P2S3. The molecule has 0 aliphatic carbocycles. The topological polar surface area (TPSA) is 142 Å². The lowest BCUT2D eigenvalue weighted by atomic mass is 10.2. The lowest BCUT2D eigenvalue weighted by molar-refractivity contribution is -0.385. The third-order valence-corrected chi connectivity index (χ3v) is 9.49. The van der Waals surface area contributed by atoms with Crippen LogP contribution in [-0.4, -0.2) is 45.4 Å². The van der Waals surface area contributed by atoms with Crippen LogP contribution in [0.3, 0.4) is 0 Å². The van der Waals surface area contributed by atoms with Gasteiger partial charge < -0.3 is 27.1 Å². The van der Waals surface area contributed by atoms with Crippen LogP contribution in [0.1, 0.15) is 11.1 Å². The van der Waals surface area contributed by atoms with Crippen LogP contribution in [0.5, 0.6) is 5.75 Å². The highest BCUT2D eigenvalue weighted by atomic mass is 32.5. The summed E-state index contributed by atoms with van der Waals surface area (Å²) < 4.78 is 29.4. The number of nitro groups is 2. The van der Waals surface area contributed by atoms with Gasteiger partial charge in [0.25, 0.3) is 11.4 Å². The van der Waals surface area contributed by atoms with E-state index in [0.717, 1.165) is 4.90 Å². The van der Waals surface area contributed by atoms with E-state index >= 15 is 0 Å². The van der Waals surface area contributed by atoms with Gasteiger partial charge in [0.15, 0.2) is 0 Å². The van der Waals surface area contributed by atoms with E-state index in [1.807, 2.05) is 0 Å². The lowest BCUT2D eigenvalue weighted by Crippen LogP contribution is -1.98. The van der Waals surface area contributed by atoms with Gasteiger partial charge in [-0.2, -0.15) is 0 Å². The first kappa shape index (κ1) is 34.5. The Labute approximate surface area is 225 Å². The number of aryl methyl sites for hydroxylation is 2. The number of nitro benzene ring substituents is 2. The molecule has 0 unspecified atom stereocenters. The molecule has 12 nitrogen and oxygen atoms in total. The summed E-state index contributed by atoms with van der Waals surface area (Å²) in [6.07, 6.45) is 0. The second-order valence-corrected chi connectivity index (χ2v) is 13.3. The third kappa shape index (κ3) is 11.7. The van der Waals surface area contributed by atoms with Gasteiger partial charge in [0.05, 0.1) is 9.85 Å². The molecule has 0 amide bonds. The number of nitrogens with zero attached hydrogens (tertiary/aromatic N) is 2. The molecule has 0 radical (unpaired) electrons. The van der Waals surface area contributed by atoms with Gasteiger partial charge in [-0.3, -0.25) is 20.2 Å². The smallest absolute Gasteiger partial charge is 0.380 e. The monoisotopic (exact) mass is 602 g/mol. The molecule has 0 saturated carbocycles. The van der Waals surface area contributed by atoms with Gasteiger partial charge in [0, 0.05) is 75.5 Å². The first-order valence-corrected chi connectivity index (χ1v) is 15.1. The molecule has 0 bridgehead atoms. The van der Waals surface area contributed by atoms with Gasteiger partial charge in [-0.15, -0.1) is 12.6 Å². The molecule has 0 fully saturated rings. The minimum Gasteiger partial charge on any atom is -0.424 e. The normalized spacial score (nSPS) is 10.9. The summed E-state index contributed by atoms with van der Waals surface area (Å²) in [7, 11) is 7.18. The molecule has 202 valence electrons. The Hall–Kier alpha value is -1.51. The van der Waals surface area contributed by atoms with Gasteiger partial charge in [-0.25, -0.2) is 0 Å². The van der Waals surface area contributed by atoms with E-state index in [9.17, 15) is 20.2 Å². The average molecular weight is 603 g/mol. The summed E-state index contributed by atoms with van der Waals surface area (Å²) >= 11 is 13.8. The third-order valence-electron chi connectivity index (χ3n) is 4.08. The molecule has 0 aliphatic heterocycles. The van der Waals surface area contributed by atoms with E-state index in [0.29, 0.717) is 16.9 Å². The highest BCUT2D eigenvalue weighted by molar-refractivity contribution is 8.08. The van der Waals surface area contributed by atoms with Gasteiger partial charge in [0.1, 0.15) is 5.75 Å². The molecule has 0 aromatic heterocycles. The molecule has 17 heteroatoms. The summed E-state index contributed by atoms with van der Waals surface area (Å²) in [4.78, 5) is 20.8. The maximum atomic E-state index is 10.6. The predicted molar refractivity (Wildman–Crippen MR) is 147 cm³/mol. The zero-order valence-corrected chi connectivity index (χ0v) is 24.9. The quantitative estimate of drug-likeness (QED) is 0.152. The Balaban J connectivity index is 0.000000555. The maximum Gasteiger partial charge on any atom is 0.380 e. The fourth-order valence-electron chi connectivity index (χ4n) is 2.24. The largest absolute Gasteiger partial charge is 0.424 e. The van der Waals surface area contributed by atoms with Crippen molar-refractivity contribution in [2.75, 3.05) is 35.5 Å². The van der Waals surface area contributed by atoms with Gasteiger partial charge in [-0.05, 0) is 49.9 Å². The van der Waals surface area contributed by atoms with Crippen molar-refractivity contribution in [1.29, 1.82) is 0 Å². The Morgan fingerprint density at radius 2 is 1.11 bits per heavy atom. The van der Waals surface area contributed by atoms with E-state index in [1.54, 1.807) is 26.0 Å². The van der Waals surface area contributed by atoms with Crippen LogP contribution in [0.2, 0.25) is 0 Å². The zero-order valence-electron chi connectivity index (χ0n) is 20.6. The van der Waals surface area contributed by atoms with Crippen molar-refractivity contribution in [3.63, 3.8) is 0 Å². The molecule has 0 N–H and O–H groups in total. The second-order valence-electron chi connectivity index (χ2n) is 6.33. The van der Waals surface area contributed by atoms with E-state index in [2.05, 4.69) is 12.6 Å². The van der Waals surface area contributed by atoms with Crippen molar-refractivity contribution in [2.45, 2.75) is 18.7 Å². The van der Waals surface area contributed by atoms with E-state index in [4.69, 9.17) is 50.8 Å². The predicted octanol–water partition coefficient (Wildman–Crippen LogP) is 6.14. The van der Waals surface area contributed by atoms with Crippen molar-refractivity contribution in [2.24, 2.45) is 0 Å². The Morgan fingerprint density at radius 1 is 0.722 bits per heavy atom. The van der Waals surface area contributed by atoms with Crippen LogP contribution >= 0.6 is 26.1 Å². The van der Waals surface area contributed by atoms with Crippen LogP contribution in [-0.2, 0) is 46.2 Å². The molecule has 2 rings (SSSR count). The van der Waals surface area contributed by atoms with E-state index in [-0.39, 0.29) is 11.4 Å². The van der Waals surface area contributed by atoms with Crippen LogP contribution < -0.4 is 4.52 Å². The number of hydrogen-bond donors (Lipinski definition) is 1. The summed E-state index contributed by atoms with van der Waals surface area (Å²) in [5, 5.41) is 20.9. The average Bonchev–Trinajstić information content (AvgIpc) is 2.83. The number of rotatable bonds is 9. The van der Waals surface area contributed by atoms with Crippen LogP contribution in [0.15, 0.2) is 41.3 Å². The zero-order chi connectivity index (χ0) is 28.1. The van der Waals surface area contributed by atoms with Crippen LogP contribution in [0.25, 0.3) is 0 Å². The Bertz CT molecular complexity index is 1110. The molecule has 0 aliphatic rings. The molecule has 36 heavy (non-hydrogen) atoms. The van der Waals surface area contributed by atoms with Crippen molar-refractivity contribution in [3.05, 3.63) is 67.8 Å². The number of benzene rings is 2. The summed E-state index contributed by atoms with van der Waals surface area (Å²) in [6.45, 7) is -1.82. The van der Waals surface area contributed by atoms with Crippen LogP contribution in [0.4, 0.5) is 11.4 Å². The fraction of sp³-hybridized carbons (Fsp3) is 0.368. The van der Waals surface area contributed by atoms with E-state index < -0.39 is 23.3 Å². The summed E-state index contributed by atoms with van der Waals surface area (Å²) in [5.41, 5.74) is 1.30. The fourth-order valence-corrected chi connectivity index (χ4v) is 3.88. The Kier molecular flexibility index (Phi) is 15.7. The Morgan fingerprint density at radius 3 is 1.42 bits per heavy atom. The standard InChI is InChI=1S/C9H12NO5PS.C7H7NO2S.C3H9O3PS/c1-7-6-8(4-5-9(7)10(11)12)15-16(17,13-2)14-3;1-5-4-6(11)2-3-7(5)8(9)10;1-4-7(8,5-2)6-3/h4-6H,1-3H3;2-4,11H,1H3;1-3H3. The molecule has 0 saturated heterocycles. The molecule has 2 aromatic rings. The summed E-state index contributed by atoms with van der Waals surface area (Å²) in [6, 6.07) is 9.07. The minimum atomic E-state index is -2.80. The SMILES string of the molecule is COP(=S)(OC)OC.COP(=S)(OC)Oc1ccc([N+](=O)[O-])c(C)c1.Cc1cc(S)ccc1[N+](=O)[O-]. The number of hydrogen-bond acceptors (Lipinski definition) is 13. The highest BCUT2D eigenvalue weighted by Gasteiger charge is 2.20. The molecular weight excluding hydrogens is 574 g/mol. The first-order valence-electron chi connectivity index (χ1n) is 9.58. The second kappa shape index (κ2) is 16.4. The number of thiol groups is 1. The maximum absolute atomic E-state index is 10.6. The van der Waals surface area contributed by atoms with Crippen molar-refractivity contribution >= 4 is 61.1 Å². The molecule has 0 heterocycles. The van der Waals surface area contributed by atoms with Crippen molar-refractivity contribution < 1.29 is 37.0 Å². The van der Waals surface area contributed by atoms with Gasteiger partial charge in [0.2, 0.25) is 0 Å². The molecule has 0 spiro atoms. The summed E-state index contributed by atoms with van der Waals surface area (Å²) in [5.74, 6) is 0.389. The van der Waals surface area contributed by atoms with Crippen molar-refractivity contribution in [1.82, 2.24) is 0 Å². The first-order chi connectivity index (χ1) is 16.7. The van der Waals surface area contributed by atoms with Crippen molar-refractivity contribution in [3.8, 4) is 5.75 Å². The van der Waals surface area contributed by atoms with Gasteiger partial charge >= 0.3 is 13.4 Å². The highest BCUT2D eigenvalue weighted by Crippen LogP contribution is 2.48. The lowest BCUT2D eigenvalue weighted by Gasteiger charge is -2.18. The van der Waals surface area contributed by atoms with E-state index in [1.165, 1.54) is 59.8 Å².